The molecule has 0 bridgehead atoms. The highest BCUT2D eigenvalue weighted by Gasteiger charge is 2.34. The van der Waals surface area contributed by atoms with Crippen molar-refractivity contribution in [2.45, 2.75) is 32.9 Å². The second kappa shape index (κ2) is 9.23. The van der Waals surface area contributed by atoms with Crippen molar-refractivity contribution in [2.24, 2.45) is 0 Å². The summed E-state index contributed by atoms with van der Waals surface area (Å²) < 4.78 is 25.4. The van der Waals surface area contributed by atoms with Crippen LogP contribution >= 0.6 is 12.2 Å². The minimum atomic E-state index is -0.452. The third-order valence-corrected chi connectivity index (χ3v) is 6.29. The number of benzene rings is 2. The van der Waals surface area contributed by atoms with Crippen LogP contribution in [0.4, 0.5) is 4.39 Å². The average molecular weight is 475 g/mol. The Morgan fingerprint density at radius 2 is 1.94 bits per heavy atom. The zero-order valence-electron chi connectivity index (χ0n) is 18.8. The van der Waals surface area contributed by atoms with Gasteiger partial charge in [-0.2, -0.15) is 4.98 Å². The van der Waals surface area contributed by atoms with Gasteiger partial charge in [0.25, 0.3) is 5.89 Å². The van der Waals surface area contributed by atoms with Crippen LogP contribution in [0.1, 0.15) is 42.7 Å². The summed E-state index contributed by atoms with van der Waals surface area (Å²) in [4.78, 5) is 6.62. The number of furan rings is 1. The Morgan fingerprint density at radius 1 is 1.12 bits per heavy atom. The van der Waals surface area contributed by atoms with Crippen molar-refractivity contribution >= 4 is 22.9 Å². The lowest BCUT2D eigenvalue weighted by Gasteiger charge is -2.37. The molecule has 6 nitrogen and oxygen atoms in total. The predicted molar refractivity (Wildman–Crippen MR) is 131 cm³/mol. The summed E-state index contributed by atoms with van der Waals surface area (Å²) in [6.07, 6.45) is 2.58. The van der Waals surface area contributed by atoms with E-state index in [1.54, 1.807) is 12.3 Å². The van der Waals surface area contributed by atoms with Gasteiger partial charge in [0.05, 0.1) is 24.4 Å². The summed E-state index contributed by atoms with van der Waals surface area (Å²) in [6.45, 7) is 4.49. The molecule has 4 aromatic rings. The molecule has 34 heavy (non-hydrogen) atoms. The van der Waals surface area contributed by atoms with E-state index in [0.717, 1.165) is 29.0 Å². The highest BCUT2D eigenvalue weighted by atomic mass is 32.1. The first-order chi connectivity index (χ1) is 16.5. The van der Waals surface area contributed by atoms with Gasteiger partial charge in [0.1, 0.15) is 11.6 Å². The molecule has 8 heteroatoms. The first-order valence-electron chi connectivity index (χ1n) is 11.0. The van der Waals surface area contributed by atoms with E-state index >= 15 is 0 Å². The van der Waals surface area contributed by atoms with Gasteiger partial charge in [-0.15, -0.1) is 0 Å². The van der Waals surface area contributed by atoms with Gasteiger partial charge in [0.2, 0.25) is 5.82 Å². The standard InChI is InChI=1S/C26H23FN4O2S/c1-3-17-9-11-18(12-10-17)24-29-25(33-30-24)22-16(2)31(15-21-8-5-13-32-21)26(34)28-23(22)19-6-4-7-20(27)14-19/h4-14,23H,3,15H2,1-2H3,(H,28,34). The Kier molecular flexibility index (Phi) is 5.98. The third kappa shape index (κ3) is 4.24. The minimum absolute atomic E-state index is 0.331. The monoisotopic (exact) mass is 474 g/mol. The van der Waals surface area contributed by atoms with Crippen LogP contribution in [0.3, 0.4) is 0 Å². The number of thiocarbonyl (C=S) groups is 1. The maximum absolute atomic E-state index is 14.1. The number of halogens is 1. The predicted octanol–water partition coefficient (Wildman–Crippen LogP) is 5.89. The molecule has 172 valence electrons. The molecule has 1 aliphatic rings. The first-order valence-corrected chi connectivity index (χ1v) is 11.4. The molecule has 0 radical (unpaired) electrons. The smallest absolute Gasteiger partial charge is 0.258 e. The lowest BCUT2D eigenvalue weighted by atomic mass is 9.94. The molecule has 0 saturated carbocycles. The van der Waals surface area contributed by atoms with Crippen LogP contribution in [-0.2, 0) is 13.0 Å². The summed E-state index contributed by atoms with van der Waals surface area (Å²) in [5.74, 6) is 1.26. The fourth-order valence-electron chi connectivity index (χ4n) is 4.08. The van der Waals surface area contributed by atoms with Crippen LogP contribution in [0, 0.1) is 5.82 Å². The number of allylic oxidation sites excluding steroid dienone is 1. The number of hydrogen-bond donors (Lipinski definition) is 1. The van der Waals surface area contributed by atoms with E-state index in [9.17, 15) is 4.39 Å². The van der Waals surface area contributed by atoms with E-state index < -0.39 is 6.04 Å². The van der Waals surface area contributed by atoms with Gasteiger partial charge in [-0.1, -0.05) is 48.5 Å². The van der Waals surface area contributed by atoms with Gasteiger partial charge < -0.3 is 19.2 Å². The fraction of sp³-hybridized carbons (Fsp3) is 0.192. The Labute approximate surface area is 202 Å². The Balaban J connectivity index is 1.58. The highest BCUT2D eigenvalue weighted by Crippen LogP contribution is 2.38. The summed E-state index contributed by atoms with van der Waals surface area (Å²) in [5.41, 5.74) is 4.36. The quantitative estimate of drug-likeness (QED) is 0.349. The molecule has 5 rings (SSSR count). The molecule has 2 aromatic heterocycles. The van der Waals surface area contributed by atoms with E-state index in [1.807, 2.05) is 42.2 Å². The second-order valence-corrected chi connectivity index (χ2v) is 8.46. The number of nitrogens with one attached hydrogen (secondary N) is 1. The van der Waals surface area contributed by atoms with Crippen LogP contribution in [-0.4, -0.2) is 20.2 Å². The van der Waals surface area contributed by atoms with Crippen molar-refractivity contribution in [3.63, 3.8) is 0 Å². The van der Waals surface area contributed by atoms with Crippen molar-refractivity contribution in [2.75, 3.05) is 0 Å². The molecule has 0 saturated heterocycles. The first kappa shape index (κ1) is 22.0. The van der Waals surface area contributed by atoms with Crippen LogP contribution in [0.15, 0.2) is 81.6 Å². The summed E-state index contributed by atoms with van der Waals surface area (Å²) in [7, 11) is 0. The van der Waals surface area contributed by atoms with E-state index in [1.165, 1.54) is 17.7 Å². The van der Waals surface area contributed by atoms with E-state index in [-0.39, 0.29) is 5.82 Å². The van der Waals surface area contributed by atoms with Crippen LogP contribution in [0.2, 0.25) is 0 Å². The van der Waals surface area contributed by atoms with Crippen molar-refractivity contribution in [3.05, 3.63) is 101 Å². The molecule has 0 aliphatic carbocycles. The van der Waals surface area contributed by atoms with Gasteiger partial charge in [-0.05, 0) is 61.0 Å². The lowest BCUT2D eigenvalue weighted by Crippen LogP contribution is -2.45. The molecule has 0 spiro atoms. The number of aromatic nitrogens is 2. The topological polar surface area (TPSA) is 67.3 Å². The zero-order valence-corrected chi connectivity index (χ0v) is 19.6. The summed E-state index contributed by atoms with van der Waals surface area (Å²) in [6, 6.07) is 17.8. The van der Waals surface area contributed by atoms with Gasteiger partial charge in [-0.25, -0.2) is 4.39 Å². The lowest BCUT2D eigenvalue weighted by molar-refractivity contribution is 0.382. The highest BCUT2D eigenvalue weighted by molar-refractivity contribution is 7.80. The largest absolute Gasteiger partial charge is 0.467 e. The van der Waals surface area contributed by atoms with E-state index in [2.05, 4.69) is 29.5 Å². The SMILES string of the molecule is CCc1ccc(-c2noc(C3=C(C)N(Cc4ccco4)C(=S)NC3c3cccc(F)c3)n2)cc1. The van der Waals surface area contributed by atoms with Gasteiger partial charge in [0.15, 0.2) is 5.11 Å². The molecular formula is C26H23FN4O2S. The second-order valence-electron chi connectivity index (χ2n) is 8.08. The van der Waals surface area contributed by atoms with Crippen molar-refractivity contribution in [1.29, 1.82) is 0 Å². The normalized spacial score (nSPS) is 16.1. The van der Waals surface area contributed by atoms with Crippen molar-refractivity contribution in [3.8, 4) is 11.4 Å². The maximum Gasteiger partial charge on any atom is 0.258 e. The van der Waals surface area contributed by atoms with Gasteiger partial charge >= 0.3 is 0 Å². The van der Waals surface area contributed by atoms with Crippen LogP contribution in [0.5, 0.6) is 0 Å². The molecule has 1 N–H and O–H groups in total. The average Bonchev–Trinajstić information content (AvgIpc) is 3.54. The van der Waals surface area contributed by atoms with Crippen LogP contribution < -0.4 is 5.32 Å². The molecular weight excluding hydrogens is 451 g/mol. The molecule has 1 atom stereocenters. The molecule has 1 aliphatic heterocycles. The van der Waals surface area contributed by atoms with Crippen LogP contribution in [0.25, 0.3) is 17.0 Å². The Bertz CT molecular complexity index is 1350. The summed E-state index contributed by atoms with van der Waals surface area (Å²) in [5, 5.41) is 8.06. The van der Waals surface area contributed by atoms with Crippen molar-refractivity contribution in [1.82, 2.24) is 20.4 Å². The molecule has 0 fully saturated rings. The van der Waals surface area contributed by atoms with Crippen molar-refractivity contribution < 1.29 is 13.3 Å². The van der Waals surface area contributed by atoms with E-state index in [4.69, 9.17) is 26.1 Å². The third-order valence-electron chi connectivity index (χ3n) is 5.95. The number of hydrogen-bond acceptors (Lipinski definition) is 5. The fourth-order valence-corrected chi connectivity index (χ4v) is 4.40. The zero-order chi connectivity index (χ0) is 23.7. The summed E-state index contributed by atoms with van der Waals surface area (Å²) >= 11 is 5.67. The van der Waals surface area contributed by atoms with Gasteiger partial charge in [-0.3, -0.25) is 0 Å². The molecule has 1 unspecified atom stereocenters. The Hall–Kier alpha value is -3.78. The molecule has 2 aromatic carbocycles. The number of nitrogens with zero attached hydrogens (tertiary/aromatic N) is 3. The minimum Gasteiger partial charge on any atom is -0.467 e. The number of aryl methyl sites for hydroxylation is 1. The molecule has 0 amide bonds. The maximum atomic E-state index is 14.1. The Morgan fingerprint density at radius 3 is 2.65 bits per heavy atom. The number of rotatable bonds is 6. The molecule has 3 heterocycles. The van der Waals surface area contributed by atoms with E-state index in [0.29, 0.717) is 28.9 Å². The van der Waals surface area contributed by atoms with Gasteiger partial charge in [0, 0.05) is 11.3 Å².